The summed E-state index contributed by atoms with van der Waals surface area (Å²) in [6.45, 7) is 1.87. The molecule has 2 aromatic rings. The van der Waals surface area contributed by atoms with Crippen LogP contribution in [0.4, 0.5) is 16.2 Å². The van der Waals surface area contributed by atoms with Gasteiger partial charge in [0.25, 0.3) is 5.91 Å². The van der Waals surface area contributed by atoms with Crippen LogP contribution in [0.3, 0.4) is 0 Å². The molecule has 0 heterocycles. The van der Waals surface area contributed by atoms with Gasteiger partial charge in [-0.15, -0.1) is 0 Å². The first kappa shape index (κ1) is 18.0. The van der Waals surface area contributed by atoms with Crippen molar-refractivity contribution in [1.29, 1.82) is 0 Å². The Morgan fingerprint density at radius 1 is 0.920 bits per heavy atom. The van der Waals surface area contributed by atoms with E-state index in [1.807, 2.05) is 0 Å². The van der Waals surface area contributed by atoms with Crippen LogP contribution in [0.1, 0.15) is 22.8 Å². The summed E-state index contributed by atoms with van der Waals surface area (Å²) in [6, 6.07) is 13.5. The van der Waals surface area contributed by atoms with E-state index in [1.54, 1.807) is 48.5 Å². The fourth-order valence-electron chi connectivity index (χ4n) is 2.07. The second-order valence-corrected chi connectivity index (χ2v) is 5.35. The number of amides is 4. The maximum Gasteiger partial charge on any atom is 0.318 e. The number of urea groups is 1. The van der Waals surface area contributed by atoms with Crippen LogP contribution >= 0.6 is 0 Å². The SMILES string of the molecule is CNC(=O)Nc1cccc(NC(=O)c2ccc(CNC(C)=O)cc2)c1. The second-order valence-electron chi connectivity index (χ2n) is 5.35. The molecule has 0 radical (unpaired) electrons. The maximum absolute atomic E-state index is 12.3. The molecule has 0 spiro atoms. The first-order chi connectivity index (χ1) is 12.0. The monoisotopic (exact) mass is 340 g/mol. The van der Waals surface area contributed by atoms with Crippen molar-refractivity contribution in [1.82, 2.24) is 10.6 Å². The molecular formula is C18H20N4O3. The third-order valence-corrected chi connectivity index (χ3v) is 3.36. The number of benzene rings is 2. The zero-order valence-corrected chi connectivity index (χ0v) is 14.1. The summed E-state index contributed by atoms with van der Waals surface area (Å²) < 4.78 is 0. The minimum absolute atomic E-state index is 0.105. The van der Waals surface area contributed by atoms with E-state index in [9.17, 15) is 14.4 Å². The minimum atomic E-state index is -0.335. The van der Waals surface area contributed by atoms with Gasteiger partial charge in [0.05, 0.1) is 0 Å². The van der Waals surface area contributed by atoms with E-state index in [1.165, 1.54) is 14.0 Å². The molecule has 0 aliphatic carbocycles. The predicted octanol–water partition coefficient (Wildman–Crippen LogP) is 2.33. The molecule has 25 heavy (non-hydrogen) atoms. The van der Waals surface area contributed by atoms with Crippen molar-refractivity contribution in [3.63, 3.8) is 0 Å². The lowest BCUT2D eigenvalue weighted by atomic mass is 10.1. The van der Waals surface area contributed by atoms with Crippen LogP contribution in [0.5, 0.6) is 0 Å². The fraction of sp³-hybridized carbons (Fsp3) is 0.167. The number of hydrogen-bond donors (Lipinski definition) is 4. The fourth-order valence-corrected chi connectivity index (χ4v) is 2.07. The summed E-state index contributed by atoms with van der Waals surface area (Å²) in [5.74, 6) is -0.366. The van der Waals surface area contributed by atoms with Crippen LogP contribution in [0, 0.1) is 0 Å². The van der Waals surface area contributed by atoms with E-state index in [4.69, 9.17) is 0 Å². The number of hydrogen-bond acceptors (Lipinski definition) is 3. The summed E-state index contributed by atoms with van der Waals surface area (Å²) in [7, 11) is 1.52. The Morgan fingerprint density at radius 3 is 2.16 bits per heavy atom. The zero-order chi connectivity index (χ0) is 18.2. The van der Waals surface area contributed by atoms with E-state index >= 15 is 0 Å². The summed E-state index contributed by atoms with van der Waals surface area (Å²) in [5.41, 5.74) is 2.55. The average molecular weight is 340 g/mol. The molecule has 0 fully saturated rings. The van der Waals surface area contributed by atoms with Crippen molar-refractivity contribution in [3.05, 3.63) is 59.7 Å². The summed E-state index contributed by atoms with van der Waals surface area (Å²) in [6.07, 6.45) is 0. The molecule has 2 aromatic carbocycles. The number of anilines is 2. The van der Waals surface area contributed by atoms with Gasteiger partial charge in [-0.3, -0.25) is 9.59 Å². The standard InChI is InChI=1S/C18H20N4O3/c1-12(23)20-11-13-6-8-14(9-7-13)17(24)21-15-4-3-5-16(10-15)22-18(25)19-2/h3-10H,11H2,1-2H3,(H,20,23)(H,21,24)(H2,19,22,25). The highest BCUT2D eigenvalue weighted by Crippen LogP contribution is 2.16. The molecule has 4 N–H and O–H groups in total. The van der Waals surface area contributed by atoms with Crippen LogP contribution in [0.25, 0.3) is 0 Å². The molecule has 0 aromatic heterocycles. The van der Waals surface area contributed by atoms with E-state index in [-0.39, 0.29) is 17.8 Å². The lowest BCUT2D eigenvalue weighted by molar-refractivity contribution is -0.119. The van der Waals surface area contributed by atoms with E-state index in [2.05, 4.69) is 21.3 Å². The summed E-state index contributed by atoms with van der Waals surface area (Å²) >= 11 is 0. The molecule has 7 heteroatoms. The lowest BCUT2D eigenvalue weighted by Crippen LogP contribution is -2.24. The minimum Gasteiger partial charge on any atom is -0.352 e. The smallest absolute Gasteiger partial charge is 0.318 e. The number of rotatable bonds is 5. The Morgan fingerprint density at radius 2 is 1.56 bits per heavy atom. The molecule has 0 aliphatic rings. The topological polar surface area (TPSA) is 99.3 Å². The van der Waals surface area contributed by atoms with E-state index in [0.717, 1.165) is 5.56 Å². The molecule has 4 amide bonds. The van der Waals surface area contributed by atoms with E-state index in [0.29, 0.717) is 23.5 Å². The van der Waals surface area contributed by atoms with Crippen molar-refractivity contribution < 1.29 is 14.4 Å². The second kappa shape index (κ2) is 8.49. The lowest BCUT2D eigenvalue weighted by Gasteiger charge is -2.09. The van der Waals surface area contributed by atoms with Crippen LogP contribution in [0.15, 0.2) is 48.5 Å². The Hall–Kier alpha value is -3.35. The number of carbonyl (C=O) groups is 3. The van der Waals surface area contributed by atoms with Crippen molar-refractivity contribution in [3.8, 4) is 0 Å². The van der Waals surface area contributed by atoms with Gasteiger partial charge in [-0.1, -0.05) is 18.2 Å². The Balaban J connectivity index is 2.00. The van der Waals surface area contributed by atoms with Gasteiger partial charge < -0.3 is 21.3 Å². The molecule has 0 bridgehead atoms. The highest BCUT2D eigenvalue weighted by molar-refractivity contribution is 6.04. The predicted molar refractivity (Wildman–Crippen MR) is 96.4 cm³/mol. The molecule has 7 nitrogen and oxygen atoms in total. The molecule has 0 unspecified atom stereocenters. The van der Waals surface area contributed by atoms with Crippen molar-refractivity contribution in [2.75, 3.05) is 17.7 Å². The van der Waals surface area contributed by atoms with Gasteiger partial charge in [-0.2, -0.15) is 0 Å². The highest BCUT2D eigenvalue weighted by Gasteiger charge is 2.07. The van der Waals surface area contributed by atoms with Gasteiger partial charge in [0.1, 0.15) is 0 Å². The molecule has 130 valence electrons. The van der Waals surface area contributed by atoms with Crippen molar-refractivity contribution in [2.45, 2.75) is 13.5 Å². The Kier molecular flexibility index (Phi) is 6.11. The van der Waals surface area contributed by atoms with Gasteiger partial charge >= 0.3 is 6.03 Å². The van der Waals surface area contributed by atoms with Gasteiger partial charge in [-0.05, 0) is 35.9 Å². The largest absolute Gasteiger partial charge is 0.352 e. The third-order valence-electron chi connectivity index (χ3n) is 3.36. The van der Waals surface area contributed by atoms with Crippen molar-refractivity contribution >= 4 is 29.2 Å². The van der Waals surface area contributed by atoms with Crippen LogP contribution in [-0.4, -0.2) is 24.9 Å². The molecule has 0 saturated heterocycles. The number of carbonyl (C=O) groups excluding carboxylic acids is 3. The van der Waals surface area contributed by atoms with Crippen LogP contribution in [0.2, 0.25) is 0 Å². The Bertz CT molecular complexity index is 772. The van der Waals surface area contributed by atoms with Crippen LogP contribution in [-0.2, 0) is 11.3 Å². The summed E-state index contributed by atoms with van der Waals surface area (Å²) in [5, 5.41) is 10.6. The first-order valence-corrected chi connectivity index (χ1v) is 7.71. The van der Waals surface area contributed by atoms with Crippen molar-refractivity contribution in [2.24, 2.45) is 0 Å². The molecule has 2 rings (SSSR count). The zero-order valence-electron chi connectivity index (χ0n) is 14.1. The average Bonchev–Trinajstić information content (AvgIpc) is 2.60. The highest BCUT2D eigenvalue weighted by atomic mass is 16.2. The van der Waals surface area contributed by atoms with Gasteiger partial charge in [0.15, 0.2) is 0 Å². The Labute approximate surface area is 145 Å². The van der Waals surface area contributed by atoms with Gasteiger partial charge in [0.2, 0.25) is 5.91 Å². The molecule has 0 atom stereocenters. The normalized spacial score (nSPS) is 9.84. The third kappa shape index (κ3) is 5.65. The van der Waals surface area contributed by atoms with Gasteiger partial charge in [0, 0.05) is 37.5 Å². The summed E-state index contributed by atoms with van der Waals surface area (Å²) in [4.78, 5) is 34.5. The number of nitrogens with one attached hydrogen (secondary N) is 4. The maximum atomic E-state index is 12.3. The molecule has 0 aliphatic heterocycles. The van der Waals surface area contributed by atoms with Gasteiger partial charge in [-0.25, -0.2) is 4.79 Å². The molecular weight excluding hydrogens is 320 g/mol. The van der Waals surface area contributed by atoms with Crippen LogP contribution < -0.4 is 21.3 Å². The molecule has 0 saturated carbocycles. The van der Waals surface area contributed by atoms with E-state index < -0.39 is 0 Å². The first-order valence-electron chi connectivity index (χ1n) is 7.71. The quantitative estimate of drug-likeness (QED) is 0.672.